The largest absolute Gasteiger partial charge is 0.420 e. The number of hydrogen-bond donors (Lipinski definition) is 1. The summed E-state index contributed by atoms with van der Waals surface area (Å²) in [6.07, 6.45) is 2.92. The quantitative estimate of drug-likeness (QED) is 0.684. The second-order valence-electron chi connectivity index (χ2n) is 4.73. The minimum Gasteiger partial charge on any atom is -0.420 e. The first kappa shape index (κ1) is 15.0. The van der Waals surface area contributed by atoms with Gasteiger partial charge in [-0.2, -0.15) is 8.42 Å². The highest BCUT2D eigenvalue weighted by Gasteiger charge is 2.21. The average molecular weight is 321 g/mol. The molecule has 0 amide bonds. The lowest BCUT2D eigenvalue weighted by atomic mass is 10.2. The van der Waals surface area contributed by atoms with Gasteiger partial charge < -0.3 is 4.43 Å². The van der Waals surface area contributed by atoms with Gasteiger partial charge in [0.15, 0.2) is 9.04 Å². The van der Waals surface area contributed by atoms with Gasteiger partial charge in [0.2, 0.25) is 0 Å². The predicted molar refractivity (Wildman–Crippen MR) is 76.9 cm³/mol. The van der Waals surface area contributed by atoms with Crippen LogP contribution in [-0.2, 0) is 21.0 Å². The van der Waals surface area contributed by atoms with Crippen molar-refractivity contribution in [2.75, 3.05) is 6.61 Å². The second-order valence-corrected chi connectivity index (χ2v) is 9.23. The zero-order chi connectivity index (χ0) is 13.9. The van der Waals surface area contributed by atoms with Crippen molar-refractivity contribution in [3.05, 3.63) is 28.8 Å². The van der Waals surface area contributed by atoms with Crippen molar-refractivity contribution < 1.29 is 17.4 Å². The molecular formula is C12H17ClO4SSi. The van der Waals surface area contributed by atoms with Crippen LogP contribution in [0.1, 0.15) is 18.4 Å². The van der Waals surface area contributed by atoms with Gasteiger partial charge in [0, 0.05) is 6.61 Å². The molecule has 0 radical (unpaired) electrons. The third-order valence-electron chi connectivity index (χ3n) is 3.32. The van der Waals surface area contributed by atoms with E-state index in [1.807, 2.05) is 0 Å². The molecule has 2 rings (SSSR count). The van der Waals surface area contributed by atoms with E-state index in [1.54, 1.807) is 12.1 Å². The zero-order valence-corrected chi connectivity index (χ0v) is 13.2. The molecule has 1 aliphatic heterocycles. The van der Waals surface area contributed by atoms with Gasteiger partial charge in [0.1, 0.15) is 4.90 Å². The summed E-state index contributed by atoms with van der Waals surface area (Å²) in [6.45, 7) is 0.831. The summed E-state index contributed by atoms with van der Waals surface area (Å²) in [6, 6.07) is 6.90. The Morgan fingerprint density at radius 3 is 2.79 bits per heavy atom. The van der Waals surface area contributed by atoms with Crippen molar-refractivity contribution in [2.24, 2.45) is 0 Å². The first-order valence-electron chi connectivity index (χ1n) is 6.35. The van der Waals surface area contributed by atoms with E-state index in [-0.39, 0.29) is 9.92 Å². The Bertz CT molecular complexity index is 541. The van der Waals surface area contributed by atoms with E-state index in [1.165, 1.54) is 12.5 Å². The lowest BCUT2D eigenvalue weighted by molar-refractivity contribution is 0.286. The van der Waals surface area contributed by atoms with E-state index in [2.05, 4.69) is 0 Å². The van der Waals surface area contributed by atoms with Crippen molar-refractivity contribution in [2.45, 2.75) is 36.2 Å². The van der Waals surface area contributed by atoms with E-state index in [9.17, 15) is 13.0 Å². The van der Waals surface area contributed by atoms with Crippen molar-refractivity contribution in [3.8, 4) is 0 Å². The molecule has 1 aromatic carbocycles. The van der Waals surface area contributed by atoms with E-state index >= 15 is 0 Å². The predicted octanol–water partition coefficient (Wildman–Crippen LogP) is 2.66. The molecule has 0 spiro atoms. The minimum absolute atomic E-state index is 0.0752. The molecule has 7 heteroatoms. The maximum Gasteiger partial charge on any atom is 0.296 e. The van der Waals surface area contributed by atoms with E-state index in [0.717, 1.165) is 25.1 Å². The molecule has 1 aromatic rings. The molecule has 0 aromatic heterocycles. The zero-order valence-electron chi connectivity index (χ0n) is 10.5. The number of hydrogen-bond acceptors (Lipinski definition) is 3. The number of benzene rings is 1. The Balaban J connectivity index is 2.14. The summed E-state index contributed by atoms with van der Waals surface area (Å²) < 4.78 is 37.8. The van der Waals surface area contributed by atoms with Crippen LogP contribution in [0.4, 0.5) is 0 Å². The van der Waals surface area contributed by atoms with Crippen LogP contribution in [-0.4, -0.2) is 28.6 Å². The molecule has 106 valence electrons. The highest BCUT2D eigenvalue weighted by atomic mass is 35.5. The van der Waals surface area contributed by atoms with E-state index in [4.69, 9.17) is 16.0 Å². The molecule has 1 heterocycles. The van der Waals surface area contributed by atoms with Gasteiger partial charge >= 0.3 is 0 Å². The molecule has 0 bridgehead atoms. The average Bonchev–Trinajstić information content (AvgIpc) is 2.36. The standard InChI is InChI=1S/C12H17ClO4SSi/c13-11-5-3-4-10(12(11)18(14,15)16)6-9-19-8-2-1-7-17-19/h3-5,19H,1-2,6-9H2,(H,14,15,16). The van der Waals surface area contributed by atoms with Crippen LogP contribution in [0.5, 0.6) is 0 Å². The van der Waals surface area contributed by atoms with Crippen LogP contribution in [0.25, 0.3) is 0 Å². The van der Waals surface area contributed by atoms with Crippen molar-refractivity contribution in [1.29, 1.82) is 0 Å². The molecule has 1 atom stereocenters. The Hall–Kier alpha value is -0.403. The fraction of sp³-hybridized carbons (Fsp3) is 0.500. The summed E-state index contributed by atoms with van der Waals surface area (Å²) in [4.78, 5) is -0.151. The molecule has 0 saturated carbocycles. The van der Waals surface area contributed by atoms with Gasteiger partial charge in [0.05, 0.1) is 5.02 Å². The Morgan fingerprint density at radius 2 is 2.16 bits per heavy atom. The normalized spacial score (nSPS) is 20.4. The molecule has 4 nitrogen and oxygen atoms in total. The van der Waals surface area contributed by atoms with Crippen LogP contribution in [0.3, 0.4) is 0 Å². The summed E-state index contributed by atoms with van der Waals surface area (Å²) in [5.74, 6) is 0. The minimum atomic E-state index is -4.27. The van der Waals surface area contributed by atoms with E-state index in [0.29, 0.717) is 12.0 Å². The Morgan fingerprint density at radius 1 is 1.37 bits per heavy atom. The van der Waals surface area contributed by atoms with Gasteiger partial charge in [-0.05, 0) is 36.6 Å². The second kappa shape index (κ2) is 6.36. The first-order chi connectivity index (χ1) is 8.98. The van der Waals surface area contributed by atoms with Gasteiger partial charge in [-0.25, -0.2) is 0 Å². The molecule has 19 heavy (non-hydrogen) atoms. The lowest BCUT2D eigenvalue weighted by Gasteiger charge is -2.21. The van der Waals surface area contributed by atoms with Crippen LogP contribution in [0.2, 0.25) is 17.1 Å². The SMILES string of the molecule is O=S(=O)(O)c1c(Cl)cccc1CC[SiH]1CCCCO1. The van der Waals surface area contributed by atoms with Crippen LogP contribution in [0, 0.1) is 0 Å². The molecule has 1 fully saturated rings. The maximum atomic E-state index is 11.4. The number of rotatable bonds is 4. The van der Waals surface area contributed by atoms with Gasteiger partial charge in [-0.1, -0.05) is 30.2 Å². The third kappa shape index (κ3) is 4.03. The first-order valence-corrected chi connectivity index (χ1v) is 10.3. The molecule has 1 unspecified atom stereocenters. The monoisotopic (exact) mass is 320 g/mol. The fourth-order valence-corrected chi connectivity index (χ4v) is 6.19. The maximum absolute atomic E-state index is 11.4. The van der Waals surface area contributed by atoms with Gasteiger partial charge in [-0.15, -0.1) is 0 Å². The number of aryl methyl sites for hydroxylation is 1. The van der Waals surface area contributed by atoms with E-state index < -0.39 is 19.2 Å². The van der Waals surface area contributed by atoms with Gasteiger partial charge in [-0.3, -0.25) is 4.55 Å². The molecule has 0 aliphatic carbocycles. The molecular weight excluding hydrogens is 304 g/mol. The number of halogens is 1. The third-order valence-corrected chi connectivity index (χ3v) is 7.43. The van der Waals surface area contributed by atoms with Gasteiger partial charge in [0.25, 0.3) is 10.1 Å². The highest BCUT2D eigenvalue weighted by Crippen LogP contribution is 2.27. The topological polar surface area (TPSA) is 63.6 Å². The van der Waals surface area contributed by atoms with Crippen molar-refractivity contribution in [1.82, 2.24) is 0 Å². The van der Waals surface area contributed by atoms with Crippen LogP contribution >= 0.6 is 11.6 Å². The van der Waals surface area contributed by atoms with Crippen molar-refractivity contribution in [3.63, 3.8) is 0 Å². The van der Waals surface area contributed by atoms with Crippen molar-refractivity contribution >= 4 is 30.8 Å². The smallest absolute Gasteiger partial charge is 0.296 e. The Kier molecular flexibility index (Phi) is 5.02. The lowest BCUT2D eigenvalue weighted by Crippen LogP contribution is -2.23. The summed E-state index contributed by atoms with van der Waals surface area (Å²) in [5, 5.41) is 0.0752. The summed E-state index contributed by atoms with van der Waals surface area (Å²) in [5.41, 5.74) is 0.580. The highest BCUT2D eigenvalue weighted by molar-refractivity contribution is 7.86. The fourth-order valence-electron chi connectivity index (χ4n) is 2.39. The van der Waals surface area contributed by atoms with Crippen LogP contribution in [0.15, 0.2) is 23.1 Å². The summed E-state index contributed by atoms with van der Waals surface area (Å²) in [7, 11) is -5.48. The molecule has 1 N–H and O–H groups in total. The van der Waals surface area contributed by atoms with Crippen LogP contribution < -0.4 is 0 Å². The molecule has 1 saturated heterocycles. The Labute approximate surface area is 120 Å². The summed E-state index contributed by atoms with van der Waals surface area (Å²) >= 11 is 5.88. The molecule has 1 aliphatic rings.